The van der Waals surface area contributed by atoms with Gasteiger partial charge in [-0.15, -0.1) is 0 Å². The monoisotopic (exact) mass is 263 g/mol. The molecule has 104 valence electrons. The van der Waals surface area contributed by atoms with Crippen LogP contribution in [0.5, 0.6) is 0 Å². The van der Waals surface area contributed by atoms with Gasteiger partial charge in [-0.3, -0.25) is 4.79 Å². The van der Waals surface area contributed by atoms with Crippen LogP contribution in [0.3, 0.4) is 0 Å². The minimum absolute atomic E-state index is 0.186. The van der Waals surface area contributed by atoms with Crippen LogP contribution in [0.1, 0.15) is 12.0 Å². The van der Waals surface area contributed by atoms with Crippen LogP contribution >= 0.6 is 0 Å². The van der Waals surface area contributed by atoms with E-state index < -0.39 is 6.04 Å². The predicted molar refractivity (Wildman–Crippen MR) is 75.1 cm³/mol. The van der Waals surface area contributed by atoms with Gasteiger partial charge in [0.05, 0.1) is 6.04 Å². The first-order chi connectivity index (χ1) is 9.13. The second kappa shape index (κ2) is 8.12. The molecule has 0 spiro atoms. The molecule has 1 amide bonds. The lowest BCUT2D eigenvalue weighted by Crippen LogP contribution is -2.42. The first-order valence-corrected chi connectivity index (χ1v) is 6.10. The van der Waals surface area contributed by atoms with Crippen molar-refractivity contribution in [1.29, 1.82) is 0 Å². The maximum Gasteiger partial charge on any atom is 0.237 e. The first-order valence-electron chi connectivity index (χ1n) is 6.10. The van der Waals surface area contributed by atoms with Crippen LogP contribution in [0.4, 0.5) is 0 Å². The third-order valence-corrected chi connectivity index (χ3v) is 2.62. The van der Waals surface area contributed by atoms with Crippen molar-refractivity contribution in [2.45, 2.75) is 19.0 Å². The standard InChI is InChI=1S/C13H21N5O/c14-7-9-18(16)8-6-12(15)13(19)17-10-11-4-2-1-3-5-11/h1-5,7,9,12H,6,8,10,14-16H2,(H,17,19)/b9-7-. The molecular formula is C13H21N5O. The van der Waals surface area contributed by atoms with Crippen LogP contribution in [0, 0.1) is 0 Å². The molecule has 0 aliphatic heterocycles. The van der Waals surface area contributed by atoms with Crippen LogP contribution in [0.25, 0.3) is 0 Å². The summed E-state index contributed by atoms with van der Waals surface area (Å²) in [5.74, 6) is 5.39. The van der Waals surface area contributed by atoms with Crippen LogP contribution in [-0.2, 0) is 11.3 Å². The molecule has 1 aromatic rings. The third kappa shape index (κ3) is 5.89. The molecule has 7 N–H and O–H groups in total. The Morgan fingerprint density at radius 3 is 2.68 bits per heavy atom. The van der Waals surface area contributed by atoms with Crippen LogP contribution in [0.15, 0.2) is 42.7 Å². The van der Waals surface area contributed by atoms with Crippen molar-refractivity contribution in [2.75, 3.05) is 6.54 Å². The minimum atomic E-state index is -0.582. The van der Waals surface area contributed by atoms with Gasteiger partial charge >= 0.3 is 0 Å². The Labute approximate surface area is 113 Å². The molecule has 0 heterocycles. The fourth-order valence-electron chi connectivity index (χ4n) is 1.52. The average molecular weight is 263 g/mol. The van der Waals surface area contributed by atoms with Crippen molar-refractivity contribution in [3.63, 3.8) is 0 Å². The highest BCUT2D eigenvalue weighted by atomic mass is 16.2. The predicted octanol–water partition coefficient (Wildman–Crippen LogP) is -0.374. The van der Waals surface area contributed by atoms with E-state index in [1.807, 2.05) is 30.3 Å². The zero-order chi connectivity index (χ0) is 14.1. The highest BCUT2D eigenvalue weighted by molar-refractivity contribution is 5.81. The topological polar surface area (TPSA) is 110 Å². The molecular weight excluding hydrogens is 242 g/mol. The zero-order valence-corrected chi connectivity index (χ0v) is 10.8. The number of carbonyl (C=O) groups excluding carboxylic acids is 1. The number of benzene rings is 1. The molecule has 1 rings (SSSR count). The summed E-state index contributed by atoms with van der Waals surface area (Å²) in [4.78, 5) is 11.7. The molecule has 0 bridgehead atoms. The summed E-state index contributed by atoms with van der Waals surface area (Å²) >= 11 is 0. The molecule has 0 aliphatic carbocycles. The second-order valence-electron chi connectivity index (χ2n) is 4.18. The lowest BCUT2D eigenvalue weighted by Gasteiger charge is -2.16. The molecule has 6 heteroatoms. The summed E-state index contributed by atoms with van der Waals surface area (Å²) in [5.41, 5.74) is 12.0. The average Bonchev–Trinajstić information content (AvgIpc) is 2.43. The normalized spacial score (nSPS) is 12.3. The number of nitrogens with one attached hydrogen (secondary N) is 1. The maximum atomic E-state index is 11.7. The second-order valence-corrected chi connectivity index (χ2v) is 4.18. The number of rotatable bonds is 7. The number of nitrogens with zero attached hydrogens (tertiary/aromatic N) is 1. The molecule has 0 fully saturated rings. The molecule has 19 heavy (non-hydrogen) atoms. The van der Waals surface area contributed by atoms with Gasteiger partial charge in [-0.2, -0.15) is 0 Å². The van der Waals surface area contributed by atoms with Gasteiger partial charge in [-0.05, 0) is 12.0 Å². The Morgan fingerprint density at radius 1 is 1.37 bits per heavy atom. The summed E-state index contributed by atoms with van der Waals surface area (Å²) in [7, 11) is 0. The maximum absolute atomic E-state index is 11.7. The van der Waals surface area contributed by atoms with Crippen LogP contribution < -0.4 is 22.6 Å². The van der Waals surface area contributed by atoms with E-state index in [0.717, 1.165) is 5.56 Å². The number of nitrogens with two attached hydrogens (primary N) is 3. The van der Waals surface area contributed by atoms with Gasteiger partial charge in [0.15, 0.2) is 0 Å². The van der Waals surface area contributed by atoms with E-state index in [-0.39, 0.29) is 5.91 Å². The molecule has 1 unspecified atom stereocenters. The smallest absolute Gasteiger partial charge is 0.237 e. The molecule has 0 saturated carbocycles. The summed E-state index contributed by atoms with van der Waals surface area (Å²) in [6.45, 7) is 0.941. The molecule has 1 aromatic carbocycles. The first kappa shape index (κ1) is 15.0. The van der Waals surface area contributed by atoms with E-state index >= 15 is 0 Å². The number of carbonyl (C=O) groups is 1. The number of hydrazine groups is 1. The Hall–Kier alpha value is -2.05. The van der Waals surface area contributed by atoms with Gasteiger partial charge in [0.25, 0.3) is 0 Å². The summed E-state index contributed by atoms with van der Waals surface area (Å²) < 4.78 is 0. The lowest BCUT2D eigenvalue weighted by atomic mass is 10.2. The van der Waals surface area contributed by atoms with Gasteiger partial charge in [-0.25, -0.2) is 5.84 Å². The fraction of sp³-hybridized carbons (Fsp3) is 0.308. The quantitative estimate of drug-likeness (QED) is 0.396. The van der Waals surface area contributed by atoms with E-state index in [1.165, 1.54) is 17.4 Å². The van der Waals surface area contributed by atoms with Crippen molar-refractivity contribution in [2.24, 2.45) is 17.3 Å². The summed E-state index contributed by atoms with van der Waals surface area (Å²) in [5, 5.41) is 4.18. The zero-order valence-electron chi connectivity index (χ0n) is 10.8. The van der Waals surface area contributed by atoms with E-state index in [0.29, 0.717) is 19.5 Å². The van der Waals surface area contributed by atoms with Crippen molar-refractivity contribution < 1.29 is 4.79 Å². The van der Waals surface area contributed by atoms with E-state index in [1.54, 1.807) is 0 Å². The largest absolute Gasteiger partial charge is 0.403 e. The van der Waals surface area contributed by atoms with Crippen molar-refractivity contribution in [3.8, 4) is 0 Å². The third-order valence-electron chi connectivity index (χ3n) is 2.62. The van der Waals surface area contributed by atoms with E-state index in [9.17, 15) is 4.79 Å². The van der Waals surface area contributed by atoms with Crippen molar-refractivity contribution in [1.82, 2.24) is 10.3 Å². The number of amides is 1. The Morgan fingerprint density at radius 2 is 2.05 bits per heavy atom. The molecule has 0 saturated heterocycles. The van der Waals surface area contributed by atoms with Gasteiger partial charge in [0.1, 0.15) is 0 Å². The highest BCUT2D eigenvalue weighted by Gasteiger charge is 2.13. The Kier molecular flexibility index (Phi) is 6.42. The van der Waals surface area contributed by atoms with Gasteiger partial charge < -0.3 is 21.8 Å². The van der Waals surface area contributed by atoms with Gasteiger partial charge in [-0.1, -0.05) is 30.3 Å². The molecule has 0 aromatic heterocycles. The van der Waals surface area contributed by atoms with E-state index in [4.69, 9.17) is 17.3 Å². The lowest BCUT2D eigenvalue weighted by molar-refractivity contribution is -0.122. The molecule has 0 aliphatic rings. The molecule has 6 nitrogen and oxygen atoms in total. The van der Waals surface area contributed by atoms with Crippen LogP contribution in [0.2, 0.25) is 0 Å². The van der Waals surface area contributed by atoms with Crippen molar-refractivity contribution in [3.05, 3.63) is 48.3 Å². The Bertz CT molecular complexity index is 407. The number of hydrogen-bond acceptors (Lipinski definition) is 5. The fourth-order valence-corrected chi connectivity index (χ4v) is 1.52. The van der Waals surface area contributed by atoms with Crippen molar-refractivity contribution >= 4 is 5.91 Å². The summed E-state index contributed by atoms with van der Waals surface area (Å²) in [6, 6.07) is 9.08. The molecule has 0 radical (unpaired) electrons. The van der Waals surface area contributed by atoms with Gasteiger partial charge in [0.2, 0.25) is 5.91 Å². The summed E-state index contributed by atoms with van der Waals surface area (Å²) in [6.07, 6.45) is 3.32. The van der Waals surface area contributed by atoms with Crippen LogP contribution in [-0.4, -0.2) is 23.5 Å². The van der Waals surface area contributed by atoms with E-state index in [2.05, 4.69) is 5.32 Å². The minimum Gasteiger partial charge on any atom is -0.403 e. The molecule has 1 atom stereocenters. The number of hydrogen-bond donors (Lipinski definition) is 4. The van der Waals surface area contributed by atoms with Gasteiger partial charge in [0, 0.05) is 25.5 Å². The SMILES string of the molecule is N/C=C\N(N)CCC(N)C(=O)NCc1ccccc1. The Balaban J connectivity index is 2.29. The highest BCUT2D eigenvalue weighted by Crippen LogP contribution is 1.98.